The van der Waals surface area contributed by atoms with Gasteiger partial charge in [-0.1, -0.05) is 36.6 Å². The maximum atomic E-state index is 12.4. The summed E-state index contributed by atoms with van der Waals surface area (Å²) in [6, 6.07) is 8.19. The molecular formula is C16H21ClN2O. The molecule has 0 radical (unpaired) electrons. The summed E-state index contributed by atoms with van der Waals surface area (Å²) >= 11 is 5.97. The first-order chi connectivity index (χ1) is 9.66. The Balaban J connectivity index is 1.93. The largest absolute Gasteiger partial charge is 0.331 e. The molecule has 1 heterocycles. The van der Waals surface area contributed by atoms with Gasteiger partial charge >= 0.3 is 0 Å². The minimum atomic E-state index is 0.0108. The number of hydrogen-bond donors (Lipinski definition) is 1. The van der Waals surface area contributed by atoms with Gasteiger partial charge in [0.15, 0.2) is 0 Å². The molecule has 0 aromatic heterocycles. The van der Waals surface area contributed by atoms with Crippen LogP contribution in [0.3, 0.4) is 0 Å². The summed E-state index contributed by atoms with van der Waals surface area (Å²) in [6.07, 6.45) is 6.02. The van der Waals surface area contributed by atoms with Crippen LogP contribution in [-0.4, -0.2) is 22.9 Å². The van der Waals surface area contributed by atoms with Gasteiger partial charge in [-0.3, -0.25) is 4.79 Å². The maximum absolute atomic E-state index is 12.4. The van der Waals surface area contributed by atoms with Crippen molar-refractivity contribution in [2.45, 2.75) is 56.7 Å². The summed E-state index contributed by atoms with van der Waals surface area (Å²) < 4.78 is 0. The van der Waals surface area contributed by atoms with Gasteiger partial charge in [-0.2, -0.15) is 0 Å². The zero-order valence-corrected chi connectivity index (χ0v) is 12.4. The Bertz CT molecular complexity index is 482. The maximum Gasteiger partial charge on any atom is 0.223 e. The number of carbonyl (C=O) groups excluding carboxylic acids is 1. The molecule has 1 aromatic rings. The highest BCUT2D eigenvalue weighted by Gasteiger charge is 2.39. The molecule has 1 aliphatic heterocycles. The molecular weight excluding hydrogens is 272 g/mol. The summed E-state index contributed by atoms with van der Waals surface area (Å²) in [5.41, 5.74) is 7.46. The first kappa shape index (κ1) is 13.9. The van der Waals surface area contributed by atoms with Crippen LogP contribution in [0.25, 0.3) is 0 Å². The zero-order valence-electron chi connectivity index (χ0n) is 11.6. The third kappa shape index (κ3) is 2.57. The monoisotopic (exact) mass is 292 g/mol. The molecule has 0 bridgehead atoms. The van der Waals surface area contributed by atoms with Gasteiger partial charge < -0.3 is 10.6 Å². The van der Waals surface area contributed by atoms with Crippen molar-refractivity contribution in [1.82, 2.24) is 4.90 Å². The van der Waals surface area contributed by atoms with E-state index in [2.05, 4.69) is 4.90 Å². The molecule has 2 unspecified atom stereocenters. The molecule has 2 N–H and O–H groups in total. The SMILES string of the molecule is NC1CCC(=O)N(C2CCCC2)C1c1ccc(Cl)cc1. The van der Waals surface area contributed by atoms with E-state index >= 15 is 0 Å². The van der Waals surface area contributed by atoms with Crippen LogP contribution >= 0.6 is 11.6 Å². The lowest BCUT2D eigenvalue weighted by molar-refractivity contribution is -0.140. The number of halogens is 1. The number of nitrogens with two attached hydrogens (primary N) is 1. The van der Waals surface area contributed by atoms with Crippen molar-refractivity contribution < 1.29 is 4.79 Å². The van der Waals surface area contributed by atoms with E-state index in [-0.39, 0.29) is 18.0 Å². The summed E-state index contributed by atoms with van der Waals surface area (Å²) in [5, 5.41) is 0.719. The van der Waals surface area contributed by atoms with Crippen molar-refractivity contribution in [3.63, 3.8) is 0 Å². The number of rotatable bonds is 2. The number of nitrogens with zero attached hydrogens (tertiary/aromatic N) is 1. The third-order valence-electron chi connectivity index (χ3n) is 4.61. The first-order valence-electron chi connectivity index (χ1n) is 7.49. The van der Waals surface area contributed by atoms with Gasteiger partial charge in [0.25, 0.3) is 0 Å². The molecule has 1 amide bonds. The second kappa shape index (κ2) is 5.74. The molecule has 3 nitrogen and oxygen atoms in total. The molecule has 4 heteroatoms. The normalized spacial score (nSPS) is 28.1. The average molecular weight is 293 g/mol. The fraction of sp³-hybridized carbons (Fsp3) is 0.562. The molecule has 3 rings (SSSR count). The van der Waals surface area contributed by atoms with Gasteiger partial charge in [-0.05, 0) is 37.0 Å². The molecule has 2 fully saturated rings. The number of benzene rings is 1. The van der Waals surface area contributed by atoms with Crippen LogP contribution in [0.2, 0.25) is 5.02 Å². The fourth-order valence-electron chi connectivity index (χ4n) is 3.62. The Morgan fingerprint density at radius 1 is 1.10 bits per heavy atom. The highest BCUT2D eigenvalue weighted by molar-refractivity contribution is 6.30. The van der Waals surface area contributed by atoms with Crippen LogP contribution in [0.15, 0.2) is 24.3 Å². The predicted octanol–water partition coefficient (Wildman–Crippen LogP) is 3.27. The molecule has 1 aromatic carbocycles. The Morgan fingerprint density at radius 2 is 1.75 bits per heavy atom. The molecule has 20 heavy (non-hydrogen) atoms. The quantitative estimate of drug-likeness (QED) is 0.909. The number of likely N-dealkylation sites (tertiary alicyclic amines) is 1. The summed E-state index contributed by atoms with van der Waals surface area (Å²) in [6.45, 7) is 0. The smallest absolute Gasteiger partial charge is 0.223 e. The van der Waals surface area contributed by atoms with Crippen LogP contribution < -0.4 is 5.73 Å². The first-order valence-corrected chi connectivity index (χ1v) is 7.87. The van der Waals surface area contributed by atoms with Gasteiger partial charge in [0, 0.05) is 23.5 Å². The van der Waals surface area contributed by atoms with Crippen LogP contribution in [0.5, 0.6) is 0 Å². The zero-order chi connectivity index (χ0) is 14.1. The van der Waals surface area contributed by atoms with E-state index in [1.54, 1.807) is 0 Å². The van der Waals surface area contributed by atoms with E-state index in [1.807, 2.05) is 24.3 Å². The third-order valence-corrected chi connectivity index (χ3v) is 4.87. The van der Waals surface area contributed by atoms with E-state index < -0.39 is 0 Å². The Labute approximate surface area is 125 Å². The van der Waals surface area contributed by atoms with Crippen molar-refractivity contribution in [3.05, 3.63) is 34.9 Å². The lowest BCUT2D eigenvalue weighted by Gasteiger charge is -2.43. The number of carbonyl (C=O) groups is 1. The lowest BCUT2D eigenvalue weighted by atomic mass is 9.89. The van der Waals surface area contributed by atoms with Crippen molar-refractivity contribution >= 4 is 17.5 Å². The molecule has 0 spiro atoms. The topological polar surface area (TPSA) is 46.3 Å². The van der Waals surface area contributed by atoms with Gasteiger partial charge in [-0.15, -0.1) is 0 Å². The minimum absolute atomic E-state index is 0.0108. The molecule has 2 aliphatic rings. The van der Waals surface area contributed by atoms with E-state index in [1.165, 1.54) is 12.8 Å². The molecule has 1 aliphatic carbocycles. The number of hydrogen-bond acceptors (Lipinski definition) is 2. The van der Waals surface area contributed by atoms with Crippen molar-refractivity contribution in [2.24, 2.45) is 5.73 Å². The number of amides is 1. The lowest BCUT2D eigenvalue weighted by Crippen LogP contribution is -2.52. The summed E-state index contributed by atoms with van der Waals surface area (Å²) in [7, 11) is 0. The van der Waals surface area contributed by atoms with Crippen LogP contribution in [0, 0.1) is 0 Å². The summed E-state index contributed by atoms with van der Waals surface area (Å²) in [4.78, 5) is 14.5. The highest BCUT2D eigenvalue weighted by atomic mass is 35.5. The van der Waals surface area contributed by atoms with Gasteiger partial charge in [-0.25, -0.2) is 0 Å². The van der Waals surface area contributed by atoms with E-state index in [4.69, 9.17) is 17.3 Å². The van der Waals surface area contributed by atoms with E-state index in [9.17, 15) is 4.79 Å². The van der Waals surface area contributed by atoms with Gasteiger partial charge in [0.2, 0.25) is 5.91 Å². The molecule has 108 valence electrons. The highest BCUT2D eigenvalue weighted by Crippen LogP contribution is 2.37. The molecule has 2 atom stereocenters. The standard InChI is InChI=1S/C16H21ClN2O/c17-12-7-5-11(6-8-12)16-14(18)9-10-15(20)19(16)13-3-1-2-4-13/h5-8,13-14,16H,1-4,9-10,18H2. The van der Waals surface area contributed by atoms with Crippen molar-refractivity contribution in [3.8, 4) is 0 Å². The van der Waals surface area contributed by atoms with Gasteiger partial charge in [0.1, 0.15) is 0 Å². The van der Waals surface area contributed by atoms with Crippen LogP contribution in [-0.2, 0) is 4.79 Å². The summed E-state index contributed by atoms with van der Waals surface area (Å²) in [5.74, 6) is 0.263. The predicted molar refractivity (Wildman–Crippen MR) is 80.5 cm³/mol. The van der Waals surface area contributed by atoms with E-state index in [0.29, 0.717) is 12.5 Å². The fourth-order valence-corrected chi connectivity index (χ4v) is 3.75. The second-order valence-electron chi connectivity index (χ2n) is 5.94. The molecule has 1 saturated carbocycles. The second-order valence-corrected chi connectivity index (χ2v) is 6.37. The minimum Gasteiger partial charge on any atom is -0.331 e. The average Bonchev–Trinajstić information content (AvgIpc) is 2.96. The number of piperidine rings is 1. The van der Waals surface area contributed by atoms with Crippen molar-refractivity contribution in [2.75, 3.05) is 0 Å². The molecule has 1 saturated heterocycles. The Hall–Kier alpha value is -1.06. The van der Waals surface area contributed by atoms with E-state index in [0.717, 1.165) is 29.8 Å². The Kier molecular flexibility index (Phi) is 3.99. The Morgan fingerprint density at radius 3 is 2.40 bits per heavy atom. The van der Waals surface area contributed by atoms with Crippen molar-refractivity contribution in [1.29, 1.82) is 0 Å². The van der Waals surface area contributed by atoms with Gasteiger partial charge in [0.05, 0.1) is 6.04 Å². The van der Waals surface area contributed by atoms with Crippen LogP contribution in [0.4, 0.5) is 0 Å². The van der Waals surface area contributed by atoms with Crippen LogP contribution in [0.1, 0.15) is 50.1 Å².